The Hall–Kier alpha value is -2.63. The number of aromatic nitrogens is 2. The molecule has 4 aromatic rings. The molecule has 2 aromatic carbocycles. The predicted octanol–water partition coefficient (Wildman–Crippen LogP) is 5.25. The van der Waals surface area contributed by atoms with Crippen LogP contribution in [0.2, 0.25) is 5.02 Å². The number of fused-ring (bicyclic) bond motifs is 1. The van der Waals surface area contributed by atoms with Crippen LogP contribution in [0.3, 0.4) is 0 Å². The van der Waals surface area contributed by atoms with E-state index in [1.165, 1.54) is 11.3 Å². The first kappa shape index (κ1) is 17.8. The molecule has 0 atom stereocenters. The number of rotatable bonds is 6. The van der Waals surface area contributed by atoms with E-state index in [1.54, 1.807) is 10.9 Å². The van der Waals surface area contributed by atoms with Gasteiger partial charge in [-0.05, 0) is 36.2 Å². The van der Waals surface area contributed by atoms with Gasteiger partial charge in [0.2, 0.25) is 0 Å². The Bertz CT molecular complexity index is 1100. The van der Waals surface area contributed by atoms with Crippen molar-refractivity contribution >= 4 is 33.2 Å². The lowest BCUT2D eigenvalue weighted by Crippen LogP contribution is -2.21. The van der Waals surface area contributed by atoms with Gasteiger partial charge in [0.25, 0.3) is 5.56 Å². The molecule has 0 amide bonds. The largest absolute Gasteiger partial charge is 0.494 e. The van der Waals surface area contributed by atoms with Crippen molar-refractivity contribution in [3.8, 4) is 16.9 Å². The lowest BCUT2D eigenvalue weighted by atomic mass is 10.1. The lowest BCUT2D eigenvalue weighted by Gasteiger charge is -2.08. The van der Waals surface area contributed by atoms with Gasteiger partial charge in [0, 0.05) is 22.5 Å². The van der Waals surface area contributed by atoms with Crippen LogP contribution in [-0.4, -0.2) is 16.2 Å². The van der Waals surface area contributed by atoms with Gasteiger partial charge in [-0.25, -0.2) is 4.98 Å². The zero-order chi connectivity index (χ0) is 18.6. The maximum absolute atomic E-state index is 13.0. The molecule has 2 aromatic heterocycles. The molecule has 0 bridgehead atoms. The molecule has 4 rings (SSSR count). The number of para-hydroxylation sites is 1. The Labute approximate surface area is 165 Å². The minimum Gasteiger partial charge on any atom is -0.494 e. The van der Waals surface area contributed by atoms with Crippen LogP contribution < -0.4 is 10.3 Å². The first-order valence-electron chi connectivity index (χ1n) is 8.63. The Morgan fingerprint density at radius 2 is 1.85 bits per heavy atom. The molecule has 0 radical (unpaired) electrons. The van der Waals surface area contributed by atoms with E-state index in [2.05, 4.69) is 4.98 Å². The van der Waals surface area contributed by atoms with E-state index in [9.17, 15) is 4.79 Å². The van der Waals surface area contributed by atoms with Gasteiger partial charge in [-0.3, -0.25) is 9.36 Å². The predicted molar refractivity (Wildman–Crippen MR) is 111 cm³/mol. The molecule has 0 N–H and O–H groups in total. The zero-order valence-corrected chi connectivity index (χ0v) is 16.0. The summed E-state index contributed by atoms with van der Waals surface area (Å²) in [4.78, 5) is 18.2. The highest BCUT2D eigenvalue weighted by Crippen LogP contribution is 2.31. The fourth-order valence-corrected chi connectivity index (χ4v) is 3.94. The number of thiophene rings is 1. The van der Waals surface area contributed by atoms with Crippen LogP contribution in [0.1, 0.15) is 6.42 Å². The van der Waals surface area contributed by atoms with Crippen molar-refractivity contribution in [2.24, 2.45) is 0 Å². The van der Waals surface area contributed by atoms with Crippen molar-refractivity contribution in [3.63, 3.8) is 0 Å². The van der Waals surface area contributed by atoms with E-state index in [0.29, 0.717) is 23.6 Å². The molecule has 0 fully saturated rings. The van der Waals surface area contributed by atoms with E-state index < -0.39 is 0 Å². The van der Waals surface area contributed by atoms with E-state index in [1.807, 2.05) is 60.0 Å². The molecule has 0 unspecified atom stereocenters. The van der Waals surface area contributed by atoms with Crippen molar-refractivity contribution in [1.82, 2.24) is 9.55 Å². The normalized spacial score (nSPS) is 11.0. The van der Waals surface area contributed by atoms with Crippen molar-refractivity contribution in [3.05, 3.63) is 81.7 Å². The number of hydrogen-bond acceptors (Lipinski definition) is 4. The Morgan fingerprint density at radius 3 is 2.63 bits per heavy atom. The van der Waals surface area contributed by atoms with Crippen molar-refractivity contribution in [2.45, 2.75) is 13.0 Å². The maximum Gasteiger partial charge on any atom is 0.262 e. The molecule has 136 valence electrons. The molecule has 2 heterocycles. The molecular weight excluding hydrogens is 380 g/mol. The minimum atomic E-state index is -0.0223. The molecule has 0 aliphatic heterocycles. The smallest absolute Gasteiger partial charge is 0.262 e. The Balaban J connectivity index is 1.54. The first-order chi connectivity index (χ1) is 13.2. The van der Waals surface area contributed by atoms with E-state index in [4.69, 9.17) is 16.3 Å². The lowest BCUT2D eigenvalue weighted by molar-refractivity contribution is 0.301. The monoisotopic (exact) mass is 396 g/mol. The summed E-state index contributed by atoms with van der Waals surface area (Å²) in [5, 5.41) is 3.31. The van der Waals surface area contributed by atoms with Crippen molar-refractivity contribution in [1.29, 1.82) is 0 Å². The molecule has 0 saturated carbocycles. The third-order valence-electron chi connectivity index (χ3n) is 4.27. The maximum atomic E-state index is 13.0. The second-order valence-electron chi connectivity index (χ2n) is 6.09. The minimum absolute atomic E-state index is 0.0223. The van der Waals surface area contributed by atoms with Gasteiger partial charge in [0.15, 0.2) is 0 Å². The van der Waals surface area contributed by atoms with Gasteiger partial charge in [0.05, 0.1) is 18.3 Å². The molecule has 0 aliphatic rings. The van der Waals surface area contributed by atoms with Gasteiger partial charge >= 0.3 is 0 Å². The van der Waals surface area contributed by atoms with Crippen LogP contribution in [0.4, 0.5) is 0 Å². The van der Waals surface area contributed by atoms with Gasteiger partial charge in [-0.1, -0.05) is 41.9 Å². The average Bonchev–Trinajstić information content (AvgIpc) is 3.13. The number of nitrogens with zero attached hydrogens (tertiary/aromatic N) is 2. The van der Waals surface area contributed by atoms with E-state index >= 15 is 0 Å². The number of ether oxygens (including phenoxy) is 1. The summed E-state index contributed by atoms with van der Waals surface area (Å²) in [6.07, 6.45) is 2.34. The van der Waals surface area contributed by atoms with Gasteiger partial charge in [-0.2, -0.15) is 0 Å². The standard InChI is InChI=1S/C21H17ClN2O2S/c22-16-9-7-15(8-10-16)18-13-27-20-19(18)21(25)24(14-23-20)11-4-12-26-17-5-2-1-3-6-17/h1-3,5-10,13-14H,4,11-12H2. The molecule has 0 saturated heterocycles. The van der Waals surface area contributed by atoms with Crippen LogP contribution >= 0.6 is 22.9 Å². The topological polar surface area (TPSA) is 44.1 Å². The third-order valence-corrected chi connectivity index (χ3v) is 5.41. The fourth-order valence-electron chi connectivity index (χ4n) is 2.91. The van der Waals surface area contributed by atoms with Crippen molar-refractivity contribution in [2.75, 3.05) is 6.61 Å². The summed E-state index contributed by atoms with van der Waals surface area (Å²) >= 11 is 7.45. The number of aryl methyl sites for hydroxylation is 1. The van der Waals surface area contributed by atoms with Gasteiger partial charge in [0.1, 0.15) is 10.6 Å². The van der Waals surface area contributed by atoms with Gasteiger partial charge < -0.3 is 4.74 Å². The number of halogens is 1. The summed E-state index contributed by atoms with van der Waals surface area (Å²) in [6, 6.07) is 17.2. The van der Waals surface area contributed by atoms with Crippen LogP contribution in [0.15, 0.2) is 71.1 Å². The summed E-state index contributed by atoms with van der Waals surface area (Å²) in [7, 11) is 0. The average molecular weight is 397 g/mol. The van der Waals surface area contributed by atoms with E-state index in [-0.39, 0.29) is 5.56 Å². The second kappa shape index (κ2) is 7.94. The number of benzene rings is 2. The first-order valence-corrected chi connectivity index (χ1v) is 9.88. The molecule has 6 heteroatoms. The highest BCUT2D eigenvalue weighted by molar-refractivity contribution is 7.17. The highest BCUT2D eigenvalue weighted by atomic mass is 35.5. The Morgan fingerprint density at radius 1 is 1.07 bits per heavy atom. The summed E-state index contributed by atoms with van der Waals surface area (Å²) in [5.74, 6) is 0.835. The van der Waals surface area contributed by atoms with Crippen molar-refractivity contribution < 1.29 is 4.74 Å². The van der Waals surface area contributed by atoms with Gasteiger partial charge in [-0.15, -0.1) is 11.3 Å². The summed E-state index contributed by atoms with van der Waals surface area (Å²) in [6.45, 7) is 1.10. The Kier molecular flexibility index (Phi) is 5.23. The van der Waals surface area contributed by atoms with Crippen LogP contribution in [-0.2, 0) is 6.54 Å². The quantitative estimate of drug-likeness (QED) is 0.418. The fraction of sp³-hybridized carbons (Fsp3) is 0.143. The number of hydrogen-bond donors (Lipinski definition) is 0. The second-order valence-corrected chi connectivity index (χ2v) is 7.39. The molecule has 4 nitrogen and oxygen atoms in total. The van der Waals surface area contributed by atoms with Crippen LogP contribution in [0.25, 0.3) is 21.3 Å². The van der Waals surface area contributed by atoms with E-state index in [0.717, 1.165) is 28.1 Å². The summed E-state index contributed by atoms with van der Waals surface area (Å²) < 4.78 is 7.35. The van der Waals surface area contributed by atoms with Crippen LogP contribution in [0, 0.1) is 0 Å². The zero-order valence-electron chi connectivity index (χ0n) is 14.5. The summed E-state index contributed by atoms with van der Waals surface area (Å²) in [5.41, 5.74) is 1.85. The molecule has 27 heavy (non-hydrogen) atoms. The molecular formula is C21H17ClN2O2S. The third kappa shape index (κ3) is 3.89. The molecule has 0 spiro atoms. The SMILES string of the molecule is O=c1c2c(-c3ccc(Cl)cc3)csc2ncn1CCCOc1ccccc1. The highest BCUT2D eigenvalue weighted by Gasteiger charge is 2.13. The molecule has 0 aliphatic carbocycles. The van der Waals surface area contributed by atoms with Crippen LogP contribution in [0.5, 0.6) is 5.75 Å².